The largest absolute Gasteiger partial charge is 0.338 e. The molecule has 2 saturated heterocycles. The summed E-state index contributed by atoms with van der Waals surface area (Å²) < 4.78 is 0. The van der Waals surface area contributed by atoms with E-state index in [2.05, 4.69) is 30.0 Å². The van der Waals surface area contributed by atoms with Crippen LogP contribution in [0.2, 0.25) is 0 Å². The summed E-state index contributed by atoms with van der Waals surface area (Å²) in [5.41, 5.74) is 1.42. The minimum absolute atomic E-state index is 0.0139. The van der Waals surface area contributed by atoms with Gasteiger partial charge in [0.05, 0.1) is 5.52 Å². The Morgan fingerprint density at radius 2 is 1.74 bits per heavy atom. The quantitative estimate of drug-likeness (QED) is 0.748. The number of para-hydroxylation sites is 1. The predicted octanol–water partition coefficient (Wildman–Crippen LogP) is 0.999. The Morgan fingerprint density at radius 3 is 2.52 bits per heavy atom. The van der Waals surface area contributed by atoms with Crippen LogP contribution in [0.4, 0.5) is 5.95 Å². The monoisotopic (exact) mass is 363 g/mol. The second-order valence-electron chi connectivity index (χ2n) is 7.05. The Kier molecular flexibility index (Phi) is 3.97. The fourth-order valence-corrected chi connectivity index (χ4v) is 3.87. The summed E-state index contributed by atoms with van der Waals surface area (Å²) in [5.74, 6) is 0.813. The van der Waals surface area contributed by atoms with Gasteiger partial charge in [-0.3, -0.25) is 14.8 Å². The molecule has 4 heterocycles. The summed E-state index contributed by atoms with van der Waals surface area (Å²) in [5, 5.41) is 8.06. The van der Waals surface area contributed by atoms with Crippen LogP contribution in [0.1, 0.15) is 10.5 Å². The second kappa shape index (κ2) is 6.62. The van der Waals surface area contributed by atoms with Gasteiger partial charge in [0.15, 0.2) is 5.69 Å². The lowest BCUT2D eigenvalue weighted by Crippen LogP contribution is -2.64. The van der Waals surface area contributed by atoms with E-state index in [0.717, 1.165) is 56.1 Å². The fraction of sp³-hybridized carbons (Fsp3) is 0.368. The molecule has 8 nitrogen and oxygen atoms in total. The van der Waals surface area contributed by atoms with Crippen molar-refractivity contribution < 1.29 is 4.79 Å². The van der Waals surface area contributed by atoms with E-state index < -0.39 is 0 Å². The first-order valence-electron chi connectivity index (χ1n) is 9.28. The summed E-state index contributed by atoms with van der Waals surface area (Å²) in [7, 11) is 0. The molecule has 8 heteroatoms. The lowest BCUT2D eigenvalue weighted by Gasteiger charge is -2.47. The van der Waals surface area contributed by atoms with E-state index in [-0.39, 0.29) is 5.91 Å². The molecule has 2 aromatic heterocycles. The predicted molar refractivity (Wildman–Crippen MR) is 102 cm³/mol. The van der Waals surface area contributed by atoms with Gasteiger partial charge in [0.1, 0.15) is 0 Å². The molecule has 3 aromatic rings. The van der Waals surface area contributed by atoms with Crippen molar-refractivity contribution >= 4 is 22.8 Å². The highest BCUT2D eigenvalue weighted by atomic mass is 16.2. The van der Waals surface area contributed by atoms with Crippen molar-refractivity contribution in [2.45, 2.75) is 6.04 Å². The summed E-state index contributed by atoms with van der Waals surface area (Å²) in [6.45, 7) is 5.30. The van der Waals surface area contributed by atoms with Gasteiger partial charge in [-0.15, -0.1) is 0 Å². The van der Waals surface area contributed by atoms with Crippen molar-refractivity contribution in [3.63, 3.8) is 0 Å². The van der Waals surface area contributed by atoms with Gasteiger partial charge in [0.25, 0.3) is 5.91 Å². The molecule has 1 N–H and O–H groups in total. The molecule has 0 radical (unpaired) electrons. The van der Waals surface area contributed by atoms with Crippen LogP contribution in [-0.4, -0.2) is 81.2 Å². The normalized spacial score (nSPS) is 18.7. The van der Waals surface area contributed by atoms with E-state index in [1.165, 1.54) is 0 Å². The van der Waals surface area contributed by atoms with Gasteiger partial charge in [-0.05, 0) is 12.1 Å². The van der Waals surface area contributed by atoms with E-state index in [1.54, 1.807) is 12.4 Å². The van der Waals surface area contributed by atoms with Gasteiger partial charge in [-0.25, -0.2) is 9.97 Å². The SMILES string of the molecule is O=C(c1n[nH]c2ccccc12)N1CC(N2CCN(c3ncccn3)CC2)C1. The molecule has 0 unspecified atom stereocenters. The minimum Gasteiger partial charge on any atom is -0.338 e. The average molecular weight is 363 g/mol. The van der Waals surface area contributed by atoms with E-state index in [1.807, 2.05) is 35.2 Å². The molecule has 1 amide bonds. The van der Waals surface area contributed by atoms with Gasteiger partial charge >= 0.3 is 0 Å². The number of hydrogen-bond acceptors (Lipinski definition) is 6. The molecule has 0 atom stereocenters. The van der Waals surface area contributed by atoms with Crippen molar-refractivity contribution in [3.05, 3.63) is 48.4 Å². The zero-order valence-corrected chi connectivity index (χ0v) is 15.0. The topological polar surface area (TPSA) is 81.3 Å². The Hall–Kier alpha value is -3.00. The first kappa shape index (κ1) is 16.2. The second-order valence-corrected chi connectivity index (χ2v) is 7.05. The van der Waals surface area contributed by atoms with Gasteiger partial charge < -0.3 is 9.80 Å². The number of fused-ring (bicyclic) bond motifs is 1. The number of aromatic nitrogens is 4. The number of benzene rings is 1. The van der Waals surface area contributed by atoms with Crippen LogP contribution in [0.5, 0.6) is 0 Å². The number of anilines is 1. The smallest absolute Gasteiger partial charge is 0.275 e. The summed E-state index contributed by atoms with van der Waals surface area (Å²) >= 11 is 0. The zero-order chi connectivity index (χ0) is 18.2. The van der Waals surface area contributed by atoms with E-state index >= 15 is 0 Å². The molecule has 138 valence electrons. The van der Waals surface area contributed by atoms with Crippen LogP contribution in [0.3, 0.4) is 0 Å². The first-order valence-corrected chi connectivity index (χ1v) is 9.28. The molecule has 0 saturated carbocycles. The summed E-state index contributed by atoms with van der Waals surface area (Å²) in [6.07, 6.45) is 3.56. The van der Waals surface area contributed by atoms with Gasteiger partial charge in [0.2, 0.25) is 5.95 Å². The Bertz CT molecular complexity index is 943. The van der Waals surface area contributed by atoms with Crippen LogP contribution in [0.15, 0.2) is 42.7 Å². The third kappa shape index (κ3) is 2.91. The maximum Gasteiger partial charge on any atom is 0.275 e. The number of nitrogens with zero attached hydrogens (tertiary/aromatic N) is 6. The molecule has 2 aliphatic rings. The first-order chi connectivity index (χ1) is 13.3. The number of carbonyl (C=O) groups is 1. The highest BCUT2D eigenvalue weighted by Gasteiger charge is 2.37. The highest BCUT2D eigenvalue weighted by molar-refractivity contribution is 6.04. The zero-order valence-electron chi connectivity index (χ0n) is 15.0. The van der Waals surface area contributed by atoms with Crippen LogP contribution in [0, 0.1) is 0 Å². The lowest BCUT2D eigenvalue weighted by molar-refractivity contribution is 0.0243. The number of aromatic amines is 1. The van der Waals surface area contributed by atoms with Gasteiger partial charge in [-0.1, -0.05) is 18.2 Å². The van der Waals surface area contributed by atoms with Crippen molar-refractivity contribution in [2.24, 2.45) is 0 Å². The molecular formula is C19H21N7O. The fourth-order valence-electron chi connectivity index (χ4n) is 3.87. The number of hydrogen-bond donors (Lipinski definition) is 1. The number of nitrogens with one attached hydrogen (secondary N) is 1. The number of likely N-dealkylation sites (tertiary alicyclic amines) is 1. The number of rotatable bonds is 3. The van der Waals surface area contributed by atoms with Gasteiger partial charge in [-0.2, -0.15) is 5.10 Å². The van der Waals surface area contributed by atoms with Crippen molar-refractivity contribution in [2.75, 3.05) is 44.2 Å². The van der Waals surface area contributed by atoms with E-state index in [9.17, 15) is 4.79 Å². The molecule has 0 bridgehead atoms. The Labute approximate surface area is 156 Å². The van der Waals surface area contributed by atoms with Crippen molar-refractivity contribution in [3.8, 4) is 0 Å². The minimum atomic E-state index is 0.0139. The standard InChI is InChI=1S/C19H21N7O/c27-18(17-15-4-1-2-5-16(15)22-23-17)26-12-14(13-26)24-8-10-25(11-9-24)19-20-6-3-7-21-19/h1-7,14H,8-13H2,(H,22,23). The van der Waals surface area contributed by atoms with Crippen LogP contribution < -0.4 is 4.90 Å². The number of amides is 1. The molecule has 1 aromatic carbocycles. The van der Waals surface area contributed by atoms with E-state index in [0.29, 0.717) is 11.7 Å². The molecule has 0 spiro atoms. The maximum atomic E-state index is 12.8. The molecular weight excluding hydrogens is 342 g/mol. The number of H-pyrrole nitrogens is 1. The maximum absolute atomic E-state index is 12.8. The van der Waals surface area contributed by atoms with Crippen molar-refractivity contribution in [1.29, 1.82) is 0 Å². The van der Waals surface area contributed by atoms with Gasteiger partial charge in [0, 0.05) is 63.1 Å². The number of carbonyl (C=O) groups excluding carboxylic acids is 1. The van der Waals surface area contributed by atoms with Crippen molar-refractivity contribution in [1.82, 2.24) is 30.0 Å². The third-order valence-electron chi connectivity index (χ3n) is 5.49. The molecule has 0 aliphatic carbocycles. The van der Waals surface area contributed by atoms with E-state index in [4.69, 9.17) is 0 Å². The number of piperazine rings is 1. The van der Waals surface area contributed by atoms with Crippen LogP contribution >= 0.6 is 0 Å². The van der Waals surface area contributed by atoms with Crippen LogP contribution in [0.25, 0.3) is 10.9 Å². The summed E-state index contributed by atoms with van der Waals surface area (Å²) in [4.78, 5) is 28.0. The molecule has 27 heavy (non-hydrogen) atoms. The lowest BCUT2D eigenvalue weighted by atomic mass is 10.0. The van der Waals surface area contributed by atoms with Crippen LogP contribution in [-0.2, 0) is 0 Å². The Morgan fingerprint density at radius 1 is 1.00 bits per heavy atom. The molecule has 5 rings (SSSR count). The Balaban J connectivity index is 1.17. The summed E-state index contributed by atoms with van der Waals surface area (Å²) in [6, 6.07) is 10.0. The average Bonchev–Trinajstić information content (AvgIpc) is 3.12. The third-order valence-corrected chi connectivity index (χ3v) is 5.49. The molecule has 2 aliphatic heterocycles. The highest BCUT2D eigenvalue weighted by Crippen LogP contribution is 2.23. The molecule has 2 fully saturated rings.